The Morgan fingerprint density at radius 2 is 2.09 bits per heavy atom. The molecule has 22 heavy (non-hydrogen) atoms. The molecule has 0 spiro atoms. The number of carbonyl (C=O) groups excluding carboxylic acids is 1. The van der Waals surface area contributed by atoms with E-state index in [1.165, 1.54) is 17.5 Å². The van der Waals surface area contributed by atoms with E-state index in [4.69, 9.17) is 4.98 Å². The van der Waals surface area contributed by atoms with Crippen molar-refractivity contribution in [3.63, 3.8) is 0 Å². The molecule has 0 radical (unpaired) electrons. The zero-order valence-electron chi connectivity index (χ0n) is 13.6. The number of nitrogens with zero attached hydrogens (tertiary/aromatic N) is 2. The van der Waals surface area contributed by atoms with Gasteiger partial charge in [-0.1, -0.05) is 44.2 Å². The Morgan fingerprint density at radius 1 is 1.32 bits per heavy atom. The van der Waals surface area contributed by atoms with Crippen LogP contribution in [0.4, 0.5) is 5.13 Å². The smallest absolute Gasteiger partial charge is 0.186 e. The molecule has 1 aliphatic rings. The molecule has 1 fully saturated rings. The first-order chi connectivity index (χ1) is 10.4. The highest BCUT2D eigenvalue weighted by Gasteiger charge is 2.30. The van der Waals surface area contributed by atoms with Gasteiger partial charge >= 0.3 is 0 Å². The van der Waals surface area contributed by atoms with Crippen molar-refractivity contribution in [2.75, 3.05) is 11.4 Å². The van der Waals surface area contributed by atoms with Crippen LogP contribution in [-0.4, -0.2) is 23.4 Å². The predicted octanol–water partition coefficient (Wildman–Crippen LogP) is 4.66. The average molecular weight is 316 g/mol. The van der Waals surface area contributed by atoms with E-state index in [1.54, 1.807) is 11.3 Å². The van der Waals surface area contributed by atoms with Gasteiger partial charge in [0.2, 0.25) is 0 Å². The molecule has 0 saturated carbocycles. The van der Waals surface area contributed by atoms with Gasteiger partial charge in [0.15, 0.2) is 5.13 Å². The maximum Gasteiger partial charge on any atom is 0.186 e. The number of ketones is 1. The first-order valence-corrected chi connectivity index (χ1v) is 8.92. The number of rotatable bonds is 3. The Kier molecular flexibility index (Phi) is 4.22. The van der Waals surface area contributed by atoms with Gasteiger partial charge in [-0.05, 0) is 31.4 Å². The Morgan fingerprint density at radius 3 is 2.82 bits per heavy atom. The number of hydrogen-bond donors (Lipinski definition) is 0. The van der Waals surface area contributed by atoms with Crippen molar-refractivity contribution in [1.29, 1.82) is 0 Å². The summed E-state index contributed by atoms with van der Waals surface area (Å²) in [7, 11) is 0. The second-order valence-electron chi connectivity index (χ2n) is 7.18. The van der Waals surface area contributed by atoms with Crippen molar-refractivity contribution in [3.8, 4) is 0 Å². The zero-order chi connectivity index (χ0) is 15.7. The highest BCUT2D eigenvalue weighted by molar-refractivity contribution is 7.22. The fraction of sp³-hybridized carbons (Fsp3) is 0.556. The molecule has 1 atom stereocenters. The number of thiazole rings is 1. The summed E-state index contributed by atoms with van der Waals surface area (Å²) in [5.74, 6) is 0.352. The Bertz CT molecular complexity index is 638. The number of benzene rings is 1. The van der Waals surface area contributed by atoms with E-state index in [-0.39, 0.29) is 5.41 Å². The van der Waals surface area contributed by atoms with Crippen molar-refractivity contribution in [2.24, 2.45) is 5.41 Å². The van der Waals surface area contributed by atoms with E-state index in [9.17, 15) is 4.79 Å². The first-order valence-electron chi connectivity index (χ1n) is 8.11. The van der Waals surface area contributed by atoms with E-state index in [0.717, 1.165) is 23.6 Å². The number of fused-ring (bicyclic) bond motifs is 1. The lowest BCUT2D eigenvalue weighted by Crippen LogP contribution is -2.42. The standard InChI is InChI=1S/C18H24N2OS/c1-18(2,3)16(21)12-13-8-6-7-11-20(13)17-19-14-9-4-5-10-15(14)22-17/h4-5,9-10,13H,6-8,11-12H2,1-3H3. The highest BCUT2D eigenvalue weighted by Crippen LogP contribution is 2.34. The maximum atomic E-state index is 12.4. The molecule has 1 aliphatic heterocycles. The lowest BCUT2D eigenvalue weighted by atomic mass is 9.85. The molecule has 118 valence electrons. The molecule has 3 nitrogen and oxygen atoms in total. The summed E-state index contributed by atoms with van der Waals surface area (Å²) in [6.07, 6.45) is 4.14. The van der Waals surface area contributed by atoms with Gasteiger partial charge in [0.1, 0.15) is 5.78 Å². The third kappa shape index (κ3) is 3.17. The summed E-state index contributed by atoms with van der Waals surface area (Å²) >= 11 is 1.75. The summed E-state index contributed by atoms with van der Waals surface area (Å²) in [5, 5.41) is 1.08. The van der Waals surface area contributed by atoms with Crippen LogP contribution in [0.25, 0.3) is 10.2 Å². The number of hydrogen-bond acceptors (Lipinski definition) is 4. The van der Waals surface area contributed by atoms with Gasteiger partial charge in [0, 0.05) is 24.4 Å². The Hall–Kier alpha value is -1.42. The predicted molar refractivity (Wildman–Crippen MR) is 93.7 cm³/mol. The number of para-hydroxylation sites is 1. The van der Waals surface area contributed by atoms with E-state index in [1.807, 2.05) is 26.8 Å². The molecule has 3 rings (SSSR count). The number of carbonyl (C=O) groups is 1. The quantitative estimate of drug-likeness (QED) is 0.825. The fourth-order valence-electron chi connectivity index (χ4n) is 2.97. The summed E-state index contributed by atoms with van der Waals surface area (Å²) in [5.41, 5.74) is 0.811. The van der Waals surface area contributed by atoms with E-state index < -0.39 is 0 Å². The molecule has 1 saturated heterocycles. The molecule has 1 unspecified atom stereocenters. The van der Waals surface area contributed by atoms with Crippen LogP contribution < -0.4 is 4.90 Å². The SMILES string of the molecule is CC(C)(C)C(=O)CC1CCCCN1c1nc2ccccc2s1. The molecule has 1 aromatic heterocycles. The van der Waals surface area contributed by atoms with Crippen LogP contribution in [0.15, 0.2) is 24.3 Å². The topological polar surface area (TPSA) is 33.2 Å². The second-order valence-corrected chi connectivity index (χ2v) is 8.19. The van der Waals surface area contributed by atoms with E-state index in [2.05, 4.69) is 23.1 Å². The number of Topliss-reactive ketones (excluding diaryl/α,β-unsaturated/α-hetero) is 1. The molecule has 2 heterocycles. The van der Waals surface area contributed by atoms with Crippen LogP contribution in [0.3, 0.4) is 0 Å². The lowest BCUT2D eigenvalue weighted by molar-refractivity contribution is -0.126. The van der Waals surface area contributed by atoms with Gasteiger partial charge in [-0.2, -0.15) is 0 Å². The summed E-state index contributed by atoms with van der Waals surface area (Å²) in [6.45, 7) is 7.06. The number of piperidine rings is 1. The Labute approximate surface area is 136 Å². The van der Waals surface area contributed by atoms with Gasteiger partial charge < -0.3 is 4.90 Å². The lowest BCUT2D eigenvalue weighted by Gasteiger charge is -2.36. The molecule has 4 heteroatoms. The van der Waals surface area contributed by atoms with Gasteiger partial charge in [0.25, 0.3) is 0 Å². The van der Waals surface area contributed by atoms with Crippen molar-refractivity contribution in [1.82, 2.24) is 4.98 Å². The van der Waals surface area contributed by atoms with Crippen LogP contribution >= 0.6 is 11.3 Å². The van der Waals surface area contributed by atoms with Crippen LogP contribution in [-0.2, 0) is 4.79 Å². The van der Waals surface area contributed by atoms with Gasteiger partial charge in [-0.3, -0.25) is 4.79 Å². The molecular weight excluding hydrogens is 292 g/mol. The summed E-state index contributed by atoms with van der Waals surface area (Å²) < 4.78 is 1.23. The fourth-order valence-corrected chi connectivity index (χ4v) is 4.03. The molecule has 0 N–H and O–H groups in total. The minimum Gasteiger partial charge on any atom is -0.345 e. The molecule has 0 bridgehead atoms. The molecule has 1 aromatic carbocycles. The van der Waals surface area contributed by atoms with E-state index in [0.29, 0.717) is 18.2 Å². The van der Waals surface area contributed by atoms with Crippen LogP contribution in [0.5, 0.6) is 0 Å². The average Bonchev–Trinajstić information content (AvgIpc) is 2.90. The molecule has 0 aliphatic carbocycles. The largest absolute Gasteiger partial charge is 0.345 e. The van der Waals surface area contributed by atoms with Crippen molar-refractivity contribution >= 4 is 32.5 Å². The van der Waals surface area contributed by atoms with Crippen LogP contribution in [0.2, 0.25) is 0 Å². The van der Waals surface area contributed by atoms with Crippen LogP contribution in [0, 0.1) is 5.41 Å². The third-order valence-electron chi connectivity index (χ3n) is 4.41. The minimum atomic E-state index is -0.253. The second kappa shape index (κ2) is 5.99. The third-order valence-corrected chi connectivity index (χ3v) is 5.49. The van der Waals surface area contributed by atoms with Gasteiger partial charge in [0.05, 0.1) is 10.2 Å². The molecule has 2 aromatic rings. The van der Waals surface area contributed by atoms with Crippen molar-refractivity contribution in [2.45, 2.75) is 52.5 Å². The van der Waals surface area contributed by atoms with Gasteiger partial charge in [-0.15, -0.1) is 0 Å². The minimum absolute atomic E-state index is 0.253. The molecule has 0 amide bonds. The van der Waals surface area contributed by atoms with Crippen molar-refractivity contribution < 1.29 is 4.79 Å². The monoisotopic (exact) mass is 316 g/mol. The summed E-state index contributed by atoms with van der Waals surface area (Å²) in [6, 6.07) is 8.58. The molecular formula is C18H24N2OS. The maximum absolute atomic E-state index is 12.4. The first kappa shape index (κ1) is 15.5. The van der Waals surface area contributed by atoms with E-state index >= 15 is 0 Å². The normalized spacial score (nSPS) is 19.6. The van der Waals surface area contributed by atoms with Gasteiger partial charge in [-0.25, -0.2) is 4.98 Å². The number of aromatic nitrogens is 1. The Balaban J connectivity index is 1.84. The zero-order valence-corrected chi connectivity index (χ0v) is 14.4. The van der Waals surface area contributed by atoms with Crippen LogP contribution in [0.1, 0.15) is 46.5 Å². The number of anilines is 1. The summed E-state index contributed by atoms with van der Waals surface area (Å²) in [4.78, 5) is 19.6. The highest BCUT2D eigenvalue weighted by atomic mass is 32.1. The van der Waals surface area contributed by atoms with Crippen molar-refractivity contribution in [3.05, 3.63) is 24.3 Å².